The molecule has 0 unspecified atom stereocenters. The molecule has 1 fully saturated rings. The molecule has 27 heavy (non-hydrogen) atoms. The smallest absolute Gasteiger partial charge is 0.141 e. The van der Waals surface area contributed by atoms with Gasteiger partial charge in [-0.3, -0.25) is 9.88 Å². The van der Waals surface area contributed by atoms with Crippen molar-refractivity contribution in [3.8, 4) is 0 Å². The van der Waals surface area contributed by atoms with Gasteiger partial charge in [-0.15, -0.1) is 11.3 Å². The molecule has 0 aliphatic carbocycles. The van der Waals surface area contributed by atoms with E-state index in [1.807, 2.05) is 25.4 Å². The highest BCUT2D eigenvalue weighted by Gasteiger charge is 2.23. The molecule has 0 N–H and O–H groups in total. The van der Waals surface area contributed by atoms with Crippen molar-refractivity contribution in [2.75, 3.05) is 31.1 Å². The van der Waals surface area contributed by atoms with Gasteiger partial charge < -0.3 is 4.90 Å². The van der Waals surface area contributed by atoms with Crippen molar-refractivity contribution < 1.29 is 0 Å². The Kier molecular flexibility index (Phi) is 5.36. The fourth-order valence-electron chi connectivity index (χ4n) is 3.77. The second-order valence-electron chi connectivity index (χ2n) is 7.76. The van der Waals surface area contributed by atoms with Crippen LogP contribution in [-0.2, 0) is 13.0 Å². The maximum Gasteiger partial charge on any atom is 0.141 e. The van der Waals surface area contributed by atoms with Crippen LogP contribution >= 0.6 is 11.3 Å². The Hall–Kier alpha value is -2.05. The van der Waals surface area contributed by atoms with Crippen LogP contribution in [0.1, 0.15) is 30.8 Å². The summed E-state index contributed by atoms with van der Waals surface area (Å²) in [5.74, 6) is 2.64. The fourth-order valence-corrected chi connectivity index (χ4v) is 4.76. The third-order valence-corrected chi connectivity index (χ3v) is 5.95. The van der Waals surface area contributed by atoms with Gasteiger partial charge in [-0.25, -0.2) is 9.97 Å². The van der Waals surface area contributed by atoms with E-state index in [9.17, 15) is 0 Å². The zero-order valence-electron chi connectivity index (χ0n) is 16.4. The highest BCUT2D eigenvalue weighted by molar-refractivity contribution is 7.17. The van der Waals surface area contributed by atoms with Gasteiger partial charge in [0.05, 0.1) is 5.39 Å². The van der Waals surface area contributed by atoms with Crippen LogP contribution in [0, 0.1) is 12.8 Å². The third-order valence-electron chi connectivity index (χ3n) is 5.03. The Bertz CT molecular complexity index is 898. The van der Waals surface area contributed by atoms with E-state index in [-0.39, 0.29) is 0 Å². The normalized spacial score (nSPS) is 15.8. The summed E-state index contributed by atoms with van der Waals surface area (Å²) in [6, 6.07) is 4.17. The maximum absolute atomic E-state index is 4.87. The van der Waals surface area contributed by atoms with Gasteiger partial charge in [0.1, 0.15) is 16.5 Å². The third kappa shape index (κ3) is 4.12. The Morgan fingerprint density at radius 1 is 1.15 bits per heavy atom. The topological polar surface area (TPSA) is 45.2 Å². The molecule has 4 heterocycles. The van der Waals surface area contributed by atoms with E-state index in [4.69, 9.17) is 9.97 Å². The average Bonchev–Trinajstić information content (AvgIpc) is 3.04. The lowest BCUT2D eigenvalue weighted by molar-refractivity contribution is 0.249. The van der Waals surface area contributed by atoms with Gasteiger partial charge in [-0.1, -0.05) is 19.9 Å². The van der Waals surface area contributed by atoms with E-state index >= 15 is 0 Å². The van der Waals surface area contributed by atoms with Gasteiger partial charge in [0.2, 0.25) is 0 Å². The van der Waals surface area contributed by atoms with Crippen molar-refractivity contribution in [2.24, 2.45) is 5.92 Å². The van der Waals surface area contributed by atoms with Crippen molar-refractivity contribution >= 4 is 27.4 Å². The molecule has 0 atom stereocenters. The minimum atomic E-state index is 0.633. The van der Waals surface area contributed by atoms with E-state index < -0.39 is 0 Å². The lowest BCUT2D eigenvalue weighted by atomic mass is 10.0. The Labute approximate surface area is 165 Å². The fraction of sp³-hybridized carbons (Fsp3) is 0.476. The number of anilines is 1. The van der Waals surface area contributed by atoms with Crippen LogP contribution in [0.4, 0.5) is 5.82 Å². The summed E-state index contributed by atoms with van der Waals surface area (Å²) in [4.78, 5) is 19.9. The van der Waals surface area contributed by atoms with Gasteiger partial charge in [0.15, 0.2) is 0 Å². The SMILES string of the molecule is Cc1nc(N2CCN(Cc3cccnc3)CC2)c2c(CC(C)C)csc2n1. The number of aryl methyl sites for hydroxylation is 1. The first-order chi connectivity index (χ1) is 13.1. The molecule has 3 aromatic heterocycles. The van der Waals surface area contributed by atoms with Crippen LogP contribution in [0.3, 0.4) is 0 Å². The molecule has 5 nitrogen and oxygen atoms in total. The van der Waals surface area contributed by atoms with Gasteiger partial charge >= 0.3 is 0 Å². The molecule has 0 saturated carbocycles. The number of rotatable bonds is 5. The summed E-state index contributed by atoms with van der Waals surface area (Å²) in [7, 11) is 0. The number of aromatic nitrogens is 3. The molecule has 0 bridgehead atoms. The minimum Gasteiger partial charge on any atom is -0.353 e. The summed E-state index contributed by atoms with van der Waals surface area (Å²) in [5, 5.41) is 3.56. The zero-order chi connectivity index (χ0) is 18.8. The van der Waals surface area contributed by atoms with Crippen molar-refractivity contribution in [1.29, 1.82) is 0 Å². The molecule has 1 saturated heterocycles. The van der Waals surface area contributed by atoms with Crippen molar-refractivity contribution in [2.45, 2.75) is 33.7 Å². The Morgan fingerprint density at radius 3 is 2.67 bits per heavy atom. The van der Waals surface area contributed by atoms with Gasteiger partial charge in [0.25, 0.3) is 0 Å². The van der Waals surface area contributed by atoms with E-state index in [1.54, 1.807) is 11.3 Å². The second-order valence-corrected chi connectivity index (χ2v) is 8.62. The summed E-state index contributed by atoms with van der Waals surface area (Å²) in [6.07, 6.45) is 4.88. The molecule has 0 spiro atoms. The molecule has 3 aromatic rings. The molecule has 0 aromatic carbocycles. The summed E-state index contributed by atoms with van der Waals surface area (Å²) in [5.41, 5.74) is 2.68. The lowest BCUT2D eigenvalue weighted by Gasteiger charge is -2.35. The van der Waals surface area contributed by atoms with Crippen LogP contribution in [-0.4, -0.2) is 46.0 Å². The van der Waals surface area contributed by atoms with E-state index in [0.29, 0.717) is 5.92 Å². The number of piperazine rings is 1. The number of thiophene rings is 1. The van der Waals surface area contributed by atoms with Crippen molar-refractivity contribution in [1.82, 2.24) is 19.9 Å². The number of fused-ring (bicyclic) bond motifs is 1. The molecule has 142 valence electrons. The van der Waals surface area contributed by atoms with Gasteiger partial charge in [0, 0.05) is 45.1 Å². The molecule has 4 rings (SSSR count). The van der Waals surface area contributed by atoms with Crippen molar-refractivity contribution in [3.05, 3.63) is 46.9 Å². The molecule has 1 aliphatic heterocycles. The standard InChI is InChI=1S/C21H27N5S/c1-15(2)11-18-14-27-21-19(18)20(23-16(3)24-21)26-9-7-25(8-10-26)13-17-5-4-6-22-12-17/h4-6,12,14-15H,7-11,13H2,1-3H3. The largest absolute Gasteiger partial charge is 0.353 e. The molecule has 1 aliphatic rings. The number of nitrogens with zero attached hydrogens (tertiary/aromatic N) is 5. The monoisotopic (exact) mass is 381 g/mol. The van der Waals surface area contributed by atoms with Crippen LogP contribution in [0.2, 0.25) is 0 Å². The van der Waals surface area contributed by atoms with E-state index in [2.05, 4.69) is 40.1 Å². The molecular formula is C21H27N5S. The predicted octanol–water partition coefficient (Wildman–Crippen LogP) is 3.92. The predicted molar refractivity (Wildman–Crippen MR) is 112 cm³/mol. The van der Waals surface area contributed by atoms with Gasteiger partial charge in [-0.2, -0.15) is 0 Å². The first-order valence-electron chi connectivity index (χ1n) is 9.71. The highest BCUT2D eigenvalue weighted by atomic mass is 32.1. The second kappa shape index (κ2) is 7.90. The van der Waals surface area contributed by atoms with Crippen molar-refractivity contribution in [3.63, 3.8) is 0 Å². The Balaban J connectivity index is 1.54. The van der Waals surface area contributed by atoms with E-state index in [0.717, 1.165) is 55.6 Å². The molecule has 6 heteroatoms. The lowest BCUT2D eigenvalue weighted by Crippen LogP contribution is -2.46. The summed E-state index contributed by atoms with van der Waals surface area (Å²) < 4.78 is 0. The zero-order valence-corrected chi connectivity index (χ0v) is 17.2. The summed E-state index contributed by atoms with van der Waals surface area (Å²) >= 11 is 1.76. The van der Waals surface area contributed by atoms with Gasteiger partial charge in [-0.05, 0) is 41.8 Å². The minimum absolute atomic E-state index is 0.633. The summed E-state index contributed by atoms with van der Waals surface area (Å²) in [6.45, 7) is 11.6. The number of hydrogen-bond acceptors (Lipinski definition) is 6. The molecule has 0 radical (unpaired) electrons. The van der Waals surface area contributed by atoms with Crippen LogP contribution < -0.4 is 4.90 Å². The highest BCUT2D eigenvalue weighted by Crippen LogP contribution is 2.34. The first kappa shape index (κ1) is 18.3. The maximum atomic E-state index is 4.87. The molecular weight excluding hydrogens is 354 g/mol. The molecule has 0 amide bonds. The quantitative estimate of drug-likeness (QED) is 0.670. The van der Waals surface area contributed by atoms with E-state index in [1.165, 1.54) is 16.5 Å². The van der Waals surface area contributed by atoms with Crippen LogP contribution in [0.25, 0.3) is 10.2 Å². The number of pyridine rings is 1. The van der Waals surface area contributed by atoms with Crippen LogP contribution in [0.5, 0.6) is 0 Å². The Morgan fingerprint density at radius 2 is 1.96 bits per heavy atom. The first-order valence-corrected chi connectivity index (χ1v) is 10.6. The number of hydrogen-bond donors (Lipinski definition) is 0. The average molecular weight is 382 g/mol. The van der Waals surface area contributed by atoms with Crippen LogP contribution in [0.15, 0.2) is 29.9 Å².